The predicted octanol–water partition coefficient (Wildman–Crippen LogP) is 4.38. The molecule has 0 saturated carbocycles. The van der Waals surface area contributed by atoms with Gasteiger partial charge in [0.05, 0.1) is 4.90 Å². The van der Waals surface area contributed by atoms with E-state index in [-0.39, 0.29) is 10.9 Å². The highest BCUT2D eigenvalue weighted by Gasteiger charge is 2.31. The van der Waals surface area contributed by atoms with Crippen LogP contribution in [0.15, 0.2) is 62.7 Å². The van der Waals surface area contributed by atoms with E-state index in [2.05, 4.69) is 29.4 Å². The summed E-state index contributed by atoms with van der Waals surface area (Å²) in [6, 6.07) is 13.5. The number of benzene rings is 2. The van der Waals surface area contributed by atoms with Gasteiger partial charge in [-0.2, -0.15) is 4.31 Å². The number of nitrogens with zero attached hydrogens (tertiary/aromatic N) is 3. The standard InChI is InChI=1S/C23H26N4O4S2/c1-15-12-16(2)14-27(13-15)33(29,30)20-10-6-17(7-11-20)21(28)24-23-26-25-22(31-23)18-4-8-19(32-3)9-5-18/h4-11,15-16H,12-14H2,1-3H3,(H,24,26,28)/t15-,16-/m1/s1. The molecule has 33 heavy (non-hydrogen) atoms. The van der Waals surface area contributed by atoms with E-state index in [0.717, 1.165) is 16.9 Å². The summed E-state index contributed by atoms with van der Waals surface area (Å²) in [5.74, 6) is 0.462. The van der Waals surface area contributed by atoms with Crippen molar-refractivity contribution in [3.63, 3.8) is 0 Å². The second kappa shape index (κ2) is 9.66. The zero-order valence-corrected chi connectivity index (χ0v) is 20.3. The summed E-state index contributed by atoms with van der Waals surface area (Å²) in [6.07, 6.45) is 3.01. The van der Waals surface area contributed by atoms with E-state index in [4.69, 9.17) is 4.42 Å². The molecule has 1 saturated heterocycles. The minimum Gasteiger partial charge on any atom is -0.403 e. The summed E-state index contributed by atoms with van der Waals surface area (Å²) >= 11 is 1.63. The number of piperidine rings is 1. The number of thioether (sulfide) groups is 1. The summed E-state index contributed by atoms with van der Waals surface area (Å²) in [5.41, 5.74) is 1.04. The first-order chi connectivity index (χ1) is 15.8. The highest BCUT2D eigenvalue weighted by molar-refractivity contribution is 7.98. The molecule has 0 unspecified atom stereocenters. The van der Waals surface area contributed by atoms with Crippen molar-refractivity contribution in [2.24, 2.45) is 11.8 Å². The molecule has 1 aliphatic heterocycles. The largest absolute Gasteiger partial charge is 0.403 e. The normalized spacial score (nSPS) is 19.4. The van der Waals surface area contributed by atoms with Crippen molar-refractivity contribution in [1.29, 1.82) is 0 Å². The Balaban J connectivity index is 1.44. The van der Waals surface area contributed by atoms with Crippen LogP contribution in [0.3, 0.4) is 0 Å². The average Bonchev–Trinajstić information content (AvgIpc) is 3.27. The first-order valence-corrected chi connectivity index (χ1v) is 13.3. The van der Waals surface area contributed by atoms with Crippen molar-refractivity contribution < 1.29 is 17.6 Å². The smallest absolute Gasteiger partial charge is 0.322 e. The Morgan fingerprint density at radius 3 is 2.27 bits per heavy atom. The van der Waals surface area contributed by atoms with Gasteiger partial charge in [-0.15, -0.1) is 16.9 Å². The Kier molecular flexibility index (Phi) is 6.87. The number of nitrogens with one attached hydrogen (secondary N) is 1. The molecule has 1 amide bonds. The quantitative estimate of drug-likeness (QED) is 0.516. The third-order valence-corrected chi connectivity index (χ3v) is 8.16. The maximum Gasteiger partial charge on any atom is 0.322 e. The maximum atomic E-state index is 13.0. The number of anilines is 1. The molecule has 0 aliphatic carbocycles. The van der Waals surface area contributed by atoms with E-state index in [1.54, 1.807) is 11.8 Å². The zero-order valence-electron chi connectivity index (χ0n) is 18.7. The van der Waals surface area contributed by atoms with Gasteiger partial charge in [0, 0.05) is 29.1 Å². The van der Waals surface area contributed by atoms with Crippen molar-refractivity contribution in [3.05, 3.63) is 54.1 Å². The molecule has 1 aliphatic rings. The van der Waals surface area contributed by atoms with Crippen LogP contribution in [0.25, 0.3) is 11.5 Å². The Morgan fingerprint density at radius 2 is 1.67 bits per heavy atom. The molecule has 2 atom stereocenters. The van der Waals surface area contributed by atoms with E-state index in [1.807, 2.05) is 30.5 Å². The second-order valence-corrected chi connectivity index (χ2v) is 11.2. The van der Waals surface area contributed by atoms with Crippen LogP contribution in [0, 0.1) is 11.8 Å². The molecule has 0 bridgehead atoms. The van der Waals surface area contributed by atoms with Gasteiger partial charge >= 0.3 is 6.01 Å². The van der Waals surface area contributed by atoms with E-state index in [9.17, 15) is 13.2 Å². The van der Waals surface area contributed by atoms with Crippen LogP contribution in [-0.2, 0) is 10.0 Å². The highest BCUT2D eigenvalue weighted by atomic mass is 32.2. The fourth-order valence-corrected chi connectivity index (χ4v) is 6.11. The van der Waals surface area contributed by atoms with Crippen molar-refractivity contribution in [2.75, 3.05) is 24.7 Å². The van der Waals surface area contributed by atoms with Crippen LogP contribution in [0.1, 0.15) is 30.6 Å². The number of hydrogen-bond donors (Lipinski definition) is 1. The van der Waals surface area contributed by atoms with Crippen LogP contribution in [-0.4, -0.2) is 48.2 Å². The first-order valence-electron chi connectivity index (χ1n) is 10.7. The highest BCUT2D eigenvalue weighted by Crippen LogP contribution is 2.27. The van der Waals surface area contributed by atoms with Crippen LogP contribution < -0.4 is 5.32 Å². The zero-order chi connectivity index (χ0) is 23.6. The van der Waals surface area contributed by atoms with Crippen LogP contribution in [0.5, 0.6) is 0 Å². The van der Waals surface area contributed by atoms with E-state index in [0.29, 0.717) is 36.4 Å². The van der Waals surface area contributed by atoms with Gasteiger partial charge < -0.3 is 4.42 Å². The summed E-state index contributed by atoms with van der Waals surface area (Å²) < 4.78 is 33.1. The molecule has 2 aromatic carbocycles. The predicted molar refractivity (Wildman–Crippen MR) is 128 cm³/mol. The topological polar surface area (TPSA) is 105 Å². The number of carbonyl (C=O) groups is 1. The first kappa shape index (κ1) is 23.5. The van der Waals surface area contributed by atoms with Gasteiger partial charge in [0.1, 0.15) is 0 Å². The average molecular weight is 487 g/mol. The Labute approximate surface area is 197 Å². The maximum absolute atomic E-state index is 13.0. The van der Waals surface area contributed by atoms with Crippen molar-refractivity contribution in [1.82, 2.24) is 14.5 Å². The van der Waals surface area contributed by atoms with Crippen LogP contribution in [0.2, 0.25) is 0 Å². The molecule has 1 N–H and O–H groups in total. The van der Waals surface area contributed by atoms with Crippen molar-refractivity contribution in [2.45, 2.75) is 30.1 Å². The number of carbonyl (C=O) groups excluding carboxylic acids is 1. The summed E-state index contributed by atoms with van der Waals surface area (Å²) in [7, 11) is -3.60. The molecular weight excluding hydrogens is 460 g/mol. The van der Waals surface area contributed by atoms with Gasteiger partial charge in [-0.25, -0.2) is 8.42 Å². The molecule has 8 nitrogen and oxygen atoms in total. The molecule has 1 fully saturated rings. The van der Waals surface area contributed by atoms with Crippen molar-refractivity contribution in [3.8, 4) is 11.5 Å². The lowest BCUT2D eigenvalue weighted by Gasteiger charge is -2.34. The molecule has 3 aromatic rings. The lowest BCUT2D eigenvalue weighted by molar-refractivity contribution is 0.102. The number of amides is 1. The third kappa shape index (κ3) is 5.29. The number of hydrogen-bond acceptors (Lipinski definition) is 7. The fourth-order valence-electron chi connectivity index (χ4n) is 4.02. The second-order valence-electron chi connectivity index (χ2n) is 8.39. The molecule has 10 heteroatoms. The number of rotatable bonds is 6. The fraction of sp³-hybridized carbons (Fsp3) is 0.348. The molecule has 2 heterocycles. The minimum absolute atomic E-state index is 0.0306. The summed E-state index contributed by atoms with van der Waals surface area (Å²) in [5, 5.41) is 10.4. The lowest BCUT2D eigenvalue weighted by Crippen LogP contribution is -2.42. The lowest BCUT2D eigenvalue weighted by atomic mass is 9.94. The monoisotopic (exact) mass is 486 g/mol. The number of sulfonamides is 1. The molecule has 174 valence electrons. The third-order valence-electron chi connectivity index (χ3n) is 5.57. The van der Waals surface area contributed by atoms with Gasteiger partial charge in [0.15, 0.2) is 0 Å². The van der Waals surface area contributed by atoms with Crippen LogP contribution >= 0.6 is 11.8 Å². The van der Waals surface area contributed by atoms with Gasteiger partial charge in [-0.05, 0) is 73.0 Å². The molecule has 1 aromatic heterocycles. The Bertz CT molecular complexity index is 1210. The van der Waals surface area contributed by atoms with Gasteiger partial charge in [-0.1, -0.05) is 18.9 Å². The Morgan fingerprint density at radius 1 is 1.03 bits per heavy atom. The molecule has 0 spiro atoms. The van der Waals surface area contributed by atoms with E-state index in [1.165, 1.54) is 28.6 Å². The Hall–Kier alpha value is -2.69. The van der Waals surface area contributed by atoms with Gasteiger partial charge in [0.25, 0.3) is 5.91 Å². The number of aromatic nitrogens is 2. The molecule has 0 radical (unpaired) electrons. The summed E-state index contributed by atoms with van der Waals surface area (Å²) in [6.45, 7) is 5.14. The van der Waals surface area contributed by atoms with Crippen molar-refractivity contribution >= 4 is 33.7 Å². The SMILES string of the molecule is CSc1ccc(-c2nnc(NC(=O)c3ccc(S(=O)(=O)N4C[C@H](C)C[C@@H](C)C4)cc3)o2)cc1. The molecular formula is C23H26N4O4S2. The molecule has 4 rings (SSSR count). The minimum atomic E-state index is -3.60. The van der Waals surface area contributed by atoms with Crippen LogP contribution in [0.4, 0.5) is 6.01 Å². The summed E-state index contributed by atoms with van der Waals surface area (Å²) in [4.78, 5) is 13.9. The van der Waals surface area contributed by atoms with E-state index < -0.39 is 15.9 Å². The van der Waals surface area contributed by atoms with Gasteiger partial charge in [-0.3, -0.25) is 10.1 Å². The van der Waals surface area contributed by atoms with E-state index >= 15 is 0 Å². The van der Waals surface area contributed by atoms with Gasteiger partial charge in [0.2, 0.25) is 15.9 Å².